The van der Waals surface area contributed by atoms with Crippen molar-refractivity contribution in [1.82, 2.24) is 10.2 Å². The van der Waals surface area contributed by atoms with Gasteiger partial charge in [0.1, 0.15) is 17.1 Å². The van der Waals surface area contributed by atoms with E-state index in [1.54, 1.807) is 7.11 Å². The van der Waals surface area contributed by atoms with Crippen molar-refractivity contribution in [3.63, 3.8) is 0 Å². The molecule has 1 aromatic rings. The number of methoxy groups -OCH3 is 1. The van der Waals surface area contributed by atoms with Crippen LogP contribution in [-0.4, -0.2) is 44.8 Å². The Bertz CT molecular complexity index is 484. The third kappa shape index (κ3) is 3.55. The number of fused-ring (bicyclic) bond motifs is 1. The molecule has 22 heavy (non-hydrogen) atoms. The van der Waals surface area contributed by atoms with Crippen molar-refractivity contribution in [1.29, 1.82) is 0 Å². The Kier molecular flexibility index (Phi) is 5.70. The summed E-state index contributed by atoms with van der Waals surface area (Å²) < 4.78 is 12.0. The smallest absolute Gasteiger partial charge is 0.128 e. The van der Waals surface area contributed by atoms with E-state index in [-0.39, 0.29) is 11.6 Å². The molecule has 0 amide bonds. The molecule has 0 aromatic heterocycles. The first-order chi connectivity index (χ1) is 10.5. The van der Waals surface area contributed by atoms with Crippen molar-refractivity contribution in [3.05, 3.63) is 23.8 Å². The van der Waals surface area contributed by atoms with Crippen LogP contribution in [0.4, 0.5) is 0 Å². The molecule has 0 fully saturated rings. The van der Waals surface area contributed by atoms with Gasteiger partial charge in [0, 0.05) is 25.6 Å². The third-order valence-corrected chi connectivity index (χ3v) is 4.74. The largest absolute Gasteiger partial charge is 0.496 e. The fourth-order valence-electron chi connectivity index (χ4n) is 3.20. The van der Waals surface area contributed by atoms with Crippen LogP contribution < -0.4 is 14.8 Å². The summed E-state index contributed by atoms with van der Waals surface area (Å²) >= 11 is 0. The molecule has 1 unspecified atom stereocenters. The SMILES string of the molecule is CCC1(CC)CC(NCCN(C)C)c2c(OC)cccc2O1. The molecule has 4 heteroatoms. The standard InChI is InChI=1S/C18H30N2O2/c1-6-18(7-2)13-14(19-11-12-20(3)4)17-15(21-5)9-8-10-16(17)22-18/h8-10,14,19H,6-7,11-13H2,1-5H3. The Morgan fingerprint density at radius 2 is 2.05 bits per heavy atom. The Balaban J connectivity index is 2.30. The van der Waals surface area contributed by atoms with E-state index in [1.807, 2.05) is 12.1 Å². The molecule has 1 aliphatic heterocycles. The molecule has 1 N–H and O–H groups in total. The molecule has 0 spiro atoms. The maximum atomic E-state index is 6.39. The van der Waals surface area contributed by atoms with Crippen molar-refractivity contribution in [2.45, 2.75) is 44.8 Å². The second-order valence-electron chi connectivity index (χ2n) is 6.38. The molecule has 1 heterocycles. The Hall–Kier alpha value is -1.26. The minimum Gasteiger partial charge on any atom is -0.496 e. The number of hydrogen-bond donors (Lipinski definition) is 1. The predicted molar refractivity (Wildman–Crippen MR) is 90.8 cm³/mol. The molecule has 0 saturated carbocycles. The highest BCUT2D eigenvalue weighted by molar-refractivity contribution is 5.49. The summed E-state index contributed by atoms with van der Waals surface area (Å²) in [5.41, 5.74) is 1.09. The van der Waals surface area contributed by atoms with Gasteiger partial charge in [-0.1, -0.05) is 19.9 Å². The van der Waals surface area contributed by atoms with E-state index in [2.05, 4.69) is 44.2 Å². The number of nitrogens with one attached hydrogen (secondary N) is 1. The second kappa shape index (κ2) is 7.34. The minimum atomic E-state index is -0.0743. The molecule has 124 valence electrons. The number of likely N-dealkylation sites (N-methyl/N-ethyl adjacent to an activating group) is 1. The van der Waals surface area contributed by atoms with Gasteiger partial charge in [0.25, 0.3) is 0 Å². The van der Waals surface area contributed by atoms with E-state index in [1.165, 1.54) is 5.56 Å². The number of rotatable bonds is 7. The first-order valence-electron chi connectivity index (χ1n) is 8.29. The summed E-state index contributed by atoms with van der Waals surface area (Å²) in [6.07, 6.45) is 3.03. The highest BCUT2D eigenvalue weighted by atomic mass is 16.5. The van der Waals surface area contributed by atoms with E-state index < -0.39 is 0 Å². The van der Waals surface area contributed by atoms with Crippen molar-refractivity contribution >= 4 is 0 Å². The van der Waals surface area contributed by atoms with Crippen LogP contribution in [0.15, 0.2) is 18.2 Å². The highest BCUT2D eigenvalue weighted by Gasteiger charge is 2.39. The van der Waals surface area contributed by atoms with Gasteiger partial charge in [-0.15, -0.1) is 0 Å². The van der Waals surface area contributed by atoms with Gasteiger partial charge in [0.15, 0.2) is 0 Å². The lowest BCUT2D eigenvalue weighted by Gasteiger charge is -2.42. The van der Waals surface area contributed by atoms with E-state index in [9.17, 15) is 0 Å². The summed E-state index contributed by atoms with van der Waals surface area (Å²) in [6.45, 7) is 6.41. The number of hydrogen-bond acceptors (Lipinski definition) is 4. The lowest BCUT2D eigenvalue weighted by Crippen LogP contribution is -2.44. The summed E-state index contributed by atoms with van der Waals surface area (Å²) in [6, 6.07) is 6.38. The van der Waals surface area contributed by atoms with Crippen LogP contribution >= 0.6 is 0 Å². The molecule has 4 nitrogen and oxygen atoms in total. The summed E-state index contributed by atoms with van der Waals surface area (Å²) in [5.74, 6) is 1.89. The first kappa shape index (κ1) is 17.1. The van der Waals surface area contributed by atoms with Gasteiger partial charge >= 0.3 is 0 Å². The zero-order chi connectivity index (χ0) is 16.2. The third-order valence-electron chi connectivity index (χ3n) is 4.74. The normalized spacial score (nSPS) is 19.6. The van der Waals surface area contributed by atoms with Crippen molar-refractivity contribution < 1.29 is 9.47 Å². The van der Waals surface area contributed by atoms with Gasteiger partial charge in [0.2, 0.25) is 0 Å². The zero-order valence-corrected chi connectivity index (χ0v) is 14.6. The van der Waals surface area contributed by atoms with Crippen LogP contribution in [0.3, 0.4) is 0 Å². The van der Waals surface area contributed by atoms with Crippen LogP contribution in [0.2, 0.25) is 0 Å². The first-order valence-corrected chi connectivity index (χ1v) is 8.29. The zero-order valence-electron chi connectivity index (χ0n) is 14.6. The molecule has 1 atom stereocenters. The molecule has 0 aliphatic carbocycles. The summed E-state index contributed by atoms with van der Waals surface area (Å²) in [5, 5.41) is 3.71. The van der Waals surface area contributed by atoms with E-state index in [0.717, 1.165) is 43.9 Å². The average molecular weight is 306 g/mol. The van der Waals surface area contributed by atoms with Crippen LogP contribution in [0.5, 0.6) is 11.5 Å². The second-order valence-corrected chi connectivity index (χ2v) is 6.38. The van der Waals surface area contributed by atoms with E-state index in [4.69, 9.17) is 9.47 Å². The molecule has 0 radical (unpaired) electrons. The fraction of sp³-hybridized carbons (Fsp3) is 0.667. The van der Waals surface area contributed by atoms with Crippen LogP contribution in [-0.2, 0) is 0 Å². The van der Waals surface area contributed by atoms with Crippen LogP contribution in [0.1, 0.15) is 44.7 Å². The maximum Gasteiger partial charge on any atom is 0.128 e. The van der Waals surface area contributed by atoms with Gasteiger partial charge < -0.3 is 19.7 Å². The molecule has 0 saturated heterocycles. The molecule has 0 bridgehead atoms. The number of ether oxygens (including phenoxy) is 2. The lowest BCUT2D eigenvalue weighted by molar-refractivity contribution is 0.0217. The van der Waals surface area contributed by atoms with Crippen LogP contribution in [0.25, 0.3) is 0 Å². The molecule has 1 aliphatic rings. The Morgan fingerprint density at radius 3 is 2.64 bits per heavy atom. The number of nitrogens with zero attached hydrogens (tertiary/aromatic N) is 1. The van der Waals surface area contributed by atoms with Crippen molar-refractivity contribution in [3.8, 4) is 11.5 Å². The van der Waals surface area contributed by atoms with Crippen molar-refractivity contribution in [2.75, 3.05) is 34.3 Å². The molecular formula is C18H30N2O2. The minimum absolute atomic E-state index is 0.0743. The number of benzene rings is 1. The highest BCUT2D eigenvalue weighted by Crippen LogP contribution is 2.46. The van der Waals surface area contributed by atoms with Gasteiger partial charge in [-0.25, -0.2) is 0 Å². The lowest BCUT2D eigenvalue weighted by atomic mass is 9.83. The van der Waals surface area contributed by atoms with E-state index >= 15 is 0 Å². The van der Waals surface area contributed by atoms with E-state index in [0.29, 0.717) is 0 Å². The van der Waals surface area contributed by atoms with Crippen LogP contribution in [0, 0.1) is 0 Å². The van der Waals surface area contributed by atoms with Gasteiger partial charge in [-0.2, -0.15) is 0 Å². The van der Waals surface area contributed by atoms with Crippen molar-refractivity contribution in [2.24, 2.45) is 0 Å². The predicted octanol–water partition coefficient (Wildman–Crippen LogP) is 3.23. The van der Waals surface area contributed by atoms with Gasteiger partial charge in [0.05, 0.1) is 12.7 Å². The molecular weight excluding hydrogens is 276 g/mol. The molecule has 2 rings (SSSR count). The maximum absolute atomic E-state index is 6.39. The quantitative estimate of drug-likeness (QED) is 0.838. The summed E-state index contributed by atoms with van der Waals surface area (Å²) in [4.78, 5) is 2.20. The van der Waals surface area contributed by atoms with Gasteiger partial charge in [-0.05, 0) is 39.1 Å². The molecule has 1 aromatic carbocycles. The Labute approximate surface area is 134 Å². The summed E-state index contributed by atoms with van der Waals surface area (Å²) in [7, 11) is 5.93. The fourth-order valence-corrected chi connectivity index (χ4v) is 3.20. The monoisotopic (exact) mass is 306 g/mol. The van der Waals surface area contributed by atoms with Gasteiger partial charge in [-0.3, -0.25) is 0 Å². The topological polar surface area (TPSA) is 33.7 Å². The average Bonchev–Trinajstić information content (AvgIpc) is 2.53. The Morgan fingerprint density at radius 1 is 1.32 bits per heavy atom.